The average molecular weight is 255 g/mol. The lowest BCUT2D eigenvalue weighted by molar-refractivity contribution is 0.0640. The monoisotopic (exact) mass is 255 g/mol. The Kier molecular flexibility index (Phi) is 7.01. The Balaban J connectivity index is 1.39. The molecule has 2 saturated heterocycles. The van der Waals surface area contributed by atoms with E-state index in [1.165, 1.54) is 58.4 Å². The van der Waals surface area contributed by atoms with E-state index in [0.717, 1.165) is 32.2 Å². The Morgan fingerprint density at radius 3 is 2.67 bits per heavy atom. The molecule has 0 atom stereocenters. The minimum Gasteiger partial charge on any atom is -0.381 e. The highest BCUT2D eigenvalue weighted by Gasteiger charge is 2.12. The number of hydrogen-bond acceptors (Lipinski definition) is 4. The standard InChI is InChI=1S/C14H29N3O/c1(9-17-10-7-16-8-11-17)5-15-6-2-14-3-12-18-13-4-14/h14-16H,1-13H2. The van der Waals surface area contributed by atoms with Crippen molar-refractivity contribution in [3.05, 3.63) is 0 Å². The predicted molar refractivity (Wildman–Crippen MR) is 75.0 cm³/mol. The Labute approximate surface area is 111 Å². The molecular formula is C14H29N3O. The number of piperazine rings is 1. The molecule has 0 amide bonds. The molecule has 4 nitrogen and oxygen atoms in total. The first kappa shape index (κ1) is 14.3. The Morgan fingerprint density at radius 2 is 1.89 bits per heavy atom. The van der Waals surface area contributed by atoms with Crippen LogP contribution in [0, 0.1) is 5.92 Å². The third kappa shape index (κ3) is 5.65. The van der Waals surface area contributed by atoms with E-state index in [1.807, 2.05) is 0 Å². The number of nitrogens with zero attached hydrogens (tertiary/aromatic N) is 1. The Bertz CT molecular complexity index is 179. The third-order valence-electron chi connectivity index (χ3n) is 4.11. The summed E-state index contributed by atoms with van der Waals surface area (Å²) in [6.07, 6.45) is 5.15. The van der Waals surface area contributed by atoms with Crippen LogP contribution in [0.25, 0.3) is 0 Å². The molecule has 0 aliphatic carbocycles. The fourth-order valence-corrected chi connectivity index (χ4v) is 2.83. The summed E-state index contributed by atoms with van der Waals surface area (Å²) in [6.45, 7) is 10.4. The summed E-state index contributed by atoms with van der Waals surface area (Å²) in [4.78, 5) is 2.57. The summed E-state index contributed by atoms with van der Waals surface area (Å²) in [5.74, 6) is 0.902. The van der Waals surface area contributed by atoms with Crippen LogP contribution in [0.4, 0.5) is 0 Å². The molecule has 2 fully saturated rings. The maximum atomic E-state index is 5.38. The SMILES string of the molecule is C(CNCCC1CCOCC1)CN1CCNCC1. The zero-order chi connectivity index (χ0) is 12.5. The van der Waals surface area contributed by atoms with Crippen molar-refractivity contribution in [3.8, 4) is 0 Å². The van der Waals surface area contributed by atoms with E-state index in [2.05, 4.69) is 15.5 Å². The second-order valence-electron chi connectivity index (χ2n) is 5.54. The third-order valence-corrected chi connectivity index (χ3v) is 4.11. The minimum atomic E-state index is 0.902. The first-order chi connectivity index (χ1) is 8.95. The second kappa shape index (κ2) is 8.86. The van der Waals surface area contributed by atoms with Gasteiger partial charge in [-0.3, -0.25) is 0 Å². The van der Waals surface area contributed by atoms with Gasteiger partial charge in [0.15, 0.2) is 0 Å². The fraction of sp³-hybridized carbons (Fsp3) is 1.00. The molecule has 0 aromatic carbocycles. The lowest BCUT2D eigenvalue weighted by Gasteiger charge is -2.27. The van der Waals surface area contributed by atoms with Crippen molar-refractivity contribution < 1.29 is 4.74 Å². The van der Waals surface area contributed by atoms with Crippen LogP contribution in [0.15, 0.2) is 0 Å². The van der Waals surface area contributed by atoms with Gasteiger partial charge in [-0.1, -0.05) is 0 Å². The highest BCUT2D eigenvalue weighted by Crippen LogP contribution is 2.17. The van der Waals surface area contributed by atoms with Crippen LogP contribution in [0.1, 0.15) is 25.7 Å². The largest absolute Gasteiger partial charge is 0.381 e. The van der Waals surface area contributed by atoms with Crippen molar-refractivity contribution in [2.45, 2.75) is 25.7 Å². The van der Waals surface area contributed by atoms with E-state index in [9.17, 15) is 0 Å². The molecule has 18 heavy (non-hydrogen) atoms. The first-order valence-electron chi connectivity index (χ1n) is 7.66. The Morgan fingerprint density at radius 1 is 1.11 bits per heavy atom. The molecule has 0 aromatic heterocycles. The normalized spacial score (nSPS) is 23.3. The van der Waals surface area contributed by atoms with E-state index in [4.69, 9.17) is 4.74 Å². The summed E-state index contributed by atoms with van der Waals surface area (Å²) >= 11 is 0. The van der Waals surface area contributed by atoms with Crippen LogP contribution < -0.4 is 10.6 Å². The van der Waals surface area contributed by atoms with Gasteiger partial charge in [0.2, 0.25) is 0 Å². The van der Waals surface area contributed by atoms with Gasteiger partial charge in [0.05, 0.1) is 0 Å². The average Bonchev–Trinajstić information content (AvgIpc) is 2.45. The number of rotatable bonds is 7. The summed E-state index contributed by atoms with van der Waals surface area (Å²) in [5, 5.41) is 6.98. The van der Waals surface area contributed by atoms with E-state index >= 15 is 0 Å². The smallest absolute Gasteiger partial charge is 0.0468 e. The number of ether oxygens (including phenoxy) is 1. The molecule has 2 aliphatic heterocycles. The van der Waals surface area contributed by atoms with Gasteiger partial charge < -0.3 is 20.3 Å². The predicted octanol–water partition coefficient (Wildman–Crippen LogP) is 0.688. The molecule has 4 heteroatoms. The Hall–Kier alpha value is -0.160. The van der Waals surface area contributed by atoms with E-state index in [1.54, 1.807) is 0 Å². The molecule has 2 N–H and O–H groups in total. The maximum Gasteiger partial charge on any atom is 0.0468 e. The van der Waals surface area contributed by atoms with Crippen molar-refractivity contribution >= 4 is 0 Å². The van der Waals surface area contributed by atoms with Crippen molar-refractivity contribution in [3.63, 3.8) is 0 Å². The minimum absolute atomic E-state index is 0.902. The van der Waals surface area contributed by atoms with Crippen molar-refractivity contribution in [2.75, 3.05) is 59.0 Å². The number of hydrogen-bond donors (Lipinski definition) is 2. The molecule has 106 valence electrons. The van der Waals surface area contributed by atoms with Gasteiger partial charge in [0, 0.05) is 39.4 Å². The lowest BCUT2D eigenvalue weighted by atomic mass is 9.97. The van der Waals surface area contributed by atoms with Crippen LogP contribution in [0.5, 0.6) is 0 Å². The summed E-state index contributed by atoms with van der Waals surface area (Å²) < 4.78 is 5.38. The van der Waals surface area contributed by atoms with E-state index in [-0.39, 0.29) is 0 Å². The molecule has 2 aliphatic rings. The zero-order valence-electron chi connectivity index (χ0n) is 11.6. The molecule has 0 radical (unpaired) electrons. The van der Waals surface area contributed by atoms with Gasteiger partial charge in [-0.2, -0.15) is 0 Å². The van der Waals surface area contributed by atoms with Crippen molar-refractivity contribution in [2.24, 2.45) is 5.92 Å². The van der Waals surface area contributed by atoms with Gasteiger partial charge >= 0.3 is 0 Å². The van der Waals surface area contributed by atoms with Crippen LogP contribution in [-0.2, 0) is 4.74 Å². The van der Waals surface area contributed by atoms with Crippen LogP contribution in [-0.4, -0.2) is 63.9 Å². The highest BCUT2D eigenvalue weighted by molar-refractivity contribution is 4.68. The van der Waals surface area contributed by atoms with Crippen molar-refractivity contribution in [1.82, 2.24) is 15.5 Å². The van der Waals surface area contributed by atoms with Gasteiger partial charge in [-0.15, -0.1) is 0 Å². The maximum absolute atomic E-state index is 5.38. The zero-order valence-corrected chi connectivity index (χ0v) is 11.6. The van der Waals surface area contributed by atoms with Crippen molar-refractivity contribution in [1.29, 1.82) is 0 Å². The van der Waals surface area contributed by atoms with Gasteiger partial charge in [-0.25, -0.2) is 0 Å². The topological polar surface area (TPSA) is 36.5 Å². The van der Waals surface area contributed by atoms with Crippen LogP contribution in [0.2, 0.25) is 0 Å². The number of nitrogens with one attached hydrogen (secondary N) is 2. The molecule has 0 aromatic rings. The molecule has 2 heterocycles. The quantitative estimate of drug-likeness (QED) is 0.656. The second-order valence-corrected chi connectivity index (χ2v) is 5.54. The fourth-order valence-electron chi connectivity index (χ4n) is 2.83. The molecular weight excluding hydrogens is 226 g/mol. The highest BCUT2D eigenvalue weighted by atomic mass is 16.5. The molecule has 0 bridgehead atoms. The van der Waals surface area contributed by atoms with E-state index in [0.29, 0.717) is 0 Å². The summed E-state index contributed by atoms with van der Waals surface area (Å²) in [5.41, 5.74) is 0. The molecule has 0 spiro atoms. The molecule has 0 saturated carbocycles. The van der Waals surface area contributed by atoms with Crippen LogP contribution in [0.3, 0.4) is 0 Å². The molecule has 0 unspecified atom stereocenters. The van der Waals surface area contributed by atoms with Gasteiger partial charge in [0.25, 0.3) is 0 Å². The summed E-state index contributed by atoms with van der Waals surface area (Å²) in [7, 11) is 0. The first-order valence-corrected chi connectivity index (χ1v) is 7.66. The van der Waals surface area contributed by atoms with Crippen LogP contribution >= 0.6 is 0 Å². The van der Waals surface area contributed by atoms with E-state index < -0.39 is 0 Å². The molecule has 2 rings (SSSR count). The van der Waals surface area contributed by atoms with Gasteiger partial charge in [0.1, 0.15) is 0 Å². The lowest BCUT2D eigenvalue weighted by Crippen LogP contribution is -2.44. The van der Waals surface area contributed by atoms with Gasteiger partial charge in [-0.05, 0) is 51.2 Å². The summed E-state index contributed by atoms with van der Waals surface area (Å²) in [6, 6.07) is 0.